The van der Waals surface area contributed by atoms with E-state index in [0.29, 0.717) is 0 Å². The van der Waals surface area contributed by atoms with E-state index in [-0.39, 0.29) is 12.1 Å². The molecular weight excluding hydrogens is 277 g/mol. The average molecular weight is 302 g/mol. The molecule has 0 saturated heterocycles. The van der Waals surface area contributed by atoms with Crippen LogP contribution in [0.15, 0.2) is 18.2 Å². The van der Waals surface area contributed by atoms with Gasteiger partial charge in [0.2, 0.25) is 0 Å². The first-order chi connectivity index (χ1) is 9.93. The maximum Gasteiger partial charge on any atom is 0.416 e. The van der Waals surface area contributed by atoms with E-state index < -0.39 is 11.7 Å². The molecule has 0 amide bonds. The van der Waals surface area contributed by atoms with Crippen molar-refractivity contribution in [3.05, 3.63) is 29.3 Å². The van der Waals surface area contributed by atoms with E-state index in [1.54, 1.807) is 12.1 Å². The Bertz CT molecular complexity index is 422. The number of rotatable bonds is 8. The monoisotopic (exact) mass is 302 g/mol. The second kappa shape index (κ2) is 8.27. The molecule has 0 aliphatic heterocycles. The minimum atomic E-state index is -4.34. The van der Waals surface area contributed by atoms with Gasteiger partial charge in [-0.3, -0.25) is 0 Å². The van der Waals surface area contributed by atoms with Crippen LogP contribution in [-0.4, -0.2) is 13.1 Å². The van der Waals surface area contributed by atoms with E-state index in [1.807, 2.05) is 0 Å². The molecule has 0 radical (unpaired) electrons. The summed E-state index contributed by atoms with van der Waals surface area (Å²) in [6.45, 7) is 5.85. The van der Waals surface area contributed by atoms with Crippen LogP contribution in [0.5, 0.6) is 0 Å². The van der Waals surface area contributed by atoms with E-state index >= 15 is 0 Å². The van der Waals surface area contributed by atoms with E-state index in [9.17, 15) is 13.2 Å². The second-order valence-corrected chi connectivity index (χ2v) is 5.24. The highest BCUT2D eigenvalue weighted by Crippen LogP contribution is 2.34. The third kappa shape index (κ3) is 5.23. The normalized spacial score (nSPS) is 11.7. The molecule has 120 valence electrons. The Labute approximate surface area is 125 Å². The maximum atomic E-state index is 12.9. The van der Waals surface area contributed by atoms with Crippen LogP contribution in [-0.2, 0) is 12.7 Å². The number of nitrogens with zero attached hydrogens (tertiary/aromatic N) is 1. The largest absolute Gasteiger partial charge is 0.416 e. The predicted molar refractivity (Wildman–Crippen MR) is 81.4 cm³/mol. The number of halogens is 3. The highest BCUT2D eigenvalue weighted by Gasteiger charge is 2.33. The van der Waals surface area contributed by atoms with Crippen molar-refractivity contribution in [1.29, 1.82) is 0 Å². The van der Waals surface area contributed by atoms with Crippen molar-refractivity contribution >= 4 is 5.69 Å². The number of benzene rings is 1. The summed E-state index contributed by atoms with van der Waals surface area (Å²) >= 11 is 0. The van der Waals surface area contributed by atoms with Gasteiger partial charge in [-0.05, 0) is 36.6 Å². The fourth-order valence-corrected chi connectivity index (χ4v) is 2.29. The average Bonchev–Trinajstić information content (AvgIpc) is 2.45. The van der Waals surface area contributed by atoms with Crippen LogP contribution >= 0.6 is 0 Å². The first-order valence-corrected chi connectivity index (χ1v) is 7.59. The molecule has 1 rings (SSSR count). The van der Waals surface area contributed by atoms with Crippen LogP contribution in [0.25, 0.3) is 0 Å². The highest BCUT2D eigenvalue weighted by atomic mass is 19.4. The minimum absolute atomic E-state index is 0.0991. The van der Waals surface area contributed by atoms with Gasteiger partial charge in [0.05, 0.1) is 5.56 Å². The SMILES string of the molecule is CCCCN(CCCC)c1ccc(C(F)(F)F)c(CN)c1. The van der Waals surface area contributed by atoms with Crippen molar-refractivity contribution in [2.24, 2.45) is 5.73 Å². The first-order valence-electron chi connectivity index (χ1n) is 7.59. The Morgan fingerprint density at radius 3 is 2.05 bits per heavy atom. The van der Waals surface area contributed by atoms with Crippen molar-refractivity contribution < 1.29 is 13.2 Å². The van der Waals surface area contributed by atoms with Gasteiger partial charge in [-0.15, -0.1) is 0 Å². The molecule has 0 heterocycles. The molecule has 5 heteroatoms. The van der Waals surface area contributed by atoms with Crippen LogP contribution in [0.3, 0.4) is 0 Å². The number of hydrogen-bond acceptors (Lipinski definition) is 2. The summed E-state index contributed by atoms with van der Waals surface area (Å²) in [5.41, 5.74) is 5.88. The molecule has 0 aliphatic rings. The Balaban J connectivity index is 3.03. The topological polar surface area (TPSA) is 29.3 Å². The van der Waals surface area contributed by atoms with Crippen molar-refractivity contribution in [3.8, 4) is 0 Å². The first kappa shape index (κ1) is 17.8. The smallest absolute Gasteiger partial charge is 0.372 e. The van der Waals surface area contributed by atoms with Gasteiger partial charge in [0, 0.05) is 25.3 Å². The molecule has 2 nitrogen and oxygen atoms in total. The molecule has 0 aromatic heterocycles. The molecule has 0 fully saturated rings. The van der Waals surface area contributed by atoms with Gasteiger partial charge in [-0.25, -0.2) is 0 Å². The van der Waals surface area contributed by atoms with Gasteiger partial charge in [0.25, 0.3) is 0 Å². The van der Waals surface area contributed by atoms with E-state index in [2.05, 4.69) is 18.7 Å². The van der Waals surface area contributed by atoms with Crippen LogP contribution in [0.1, 0.15) is 50.7 Å². The fraction of sp³-hybridized carbons (Fsp3) is 0.625. The number of hydrogen-bond donors (Lipinski definition) is 1. The lowest BCUT2D eigenvalue weighted by atomic mass is 10.1. The molecule has 0 unspecified atom stereocenters. The molecule has 1 aromatic carbocycles. The summed E-state index contributed by atoms with van der Waals surface area (Å²) in [5, 5.41) is 0. The Morgan fingerprint density at radius 2 is 1.62 bits per heavy atom. The zero-order chi connectivity index (χ0) is 15.9. The van der Waals surface area contributed by atoms with Crippen molar-refractivity contribution in [2.45, 2.75) is 52.3 Å². The summed E-state index contributed by atoms with van der Waals surface area (Å²) in [5.74, 6) is 0. The molecule has 1 aromatic rings. The summed E-state index contributed by atoms with van der Waals surface area (Å²) in [4.78, 5) is 2.16. The summed E-state index contributed by atoms with van der Waals surface area (Å²) in [6, 6.07) is 4.31. The van der Waals surface area contributed by atoms with Gasteiger partial charge in [-0.2, -0.15) is 13.2 Å². The number of unbranched alkanes of at least 4 members (excludes halogenated alkanes) is 2. The van der Waals surface area contributed by atoms with Gasteiger partial charge >= 0.3 is 6.18 Å². The van der Waals surface area contributed by atoms with Crippen molar-refractivity contribution in [3.63, 3.8) is 0 Å². The Kier molecular flexibility index (Phi) is 7.02. The van der Waals surface area contributed by atoms with Crippen LogP contribution in [0.4, 0.5) is 18.9 Å². The zero-order valence-corrected chi connectivity index (χ0v) is 12.8. The minimum Gasteiger partial charge on any atom is -0.372 e. The number of alkyl halides is 3. The van der Waals surface area contributed by atoms with E-state index in [4.69, 9.17) is 5.73 Å². The van der Waals surface area contributed by atoms with Crippen molar-refractivity contribution in [2.75, 3.05) is 18.0 Å². The fourth-order valence-electron chi connectivity index (χ4n) is 2.29. The lowest BCUT2D eigenvalue weighted by Gasteiger charge is -2.26. The quantitative estimate of drug-likeness (QED) is 0.762. The van der Waals surface area contributed by atoms with Gasteiger partial charge in [0.15, 0.2) is 0 Å². The molecule has 0 atom stereocenters. The third-order valence-electron chi connectivity index (χ3n) is 3.54. The number of nitrogens with two attached hydrogens (primary N) is 1. The van der Waals surface area contributed by atoms with Gasteiger partial charge in [-0.1, -0.05) is 26.7 Å². The molecular formula is C16H25F3N2. The van der Waals surface area contributed by atoms with Gasteiger partial charge in [0.1, 0.15) is 0 Å². The lowest BCUT2D eigenvalue weighted by Crippen LogP contribution is -2.26. The van der Waals surface area contributed by atoms with Crippen LogP contribution in [0.2, 0.25) is 0 Å². The zero-order valence-electron chi connectivity index (χ0n) is 12.8. The van der Waals surface area contributed by atoms with Crippen LogP contribution in [0, 0.1) is 0 Å². The summed E-state index contributed by atoms with van der Waals surface area (Å²) < 4.78 is 38.7. The Morgan fingerprint density at radius 1 is 1.05 bits per heavy atom. The molecule has 0 saturated carbocycles. The molecule has 21 heavy (non-hydrogen) atoms. The second-order valence-electron chi connectivity index (χ2n) is 5.24. The highest BCUT2D eigenvalue weighted by molar-refractivity contribution is 5.51. The molecule has 0 bridgehead atoms. The van der Waals surface area contributed by atoms with E-state index in [0.717, 1.165) is 50.5 Å². The molecule has 2 N–H and O–H groups in total. The third-order valence-corrected chi connectivity index (χ3v) is 3.54. The van der Waals surface area contributed by atoms with Crippen molar-refractivity contribution in [1.82, 2.24) is 0 Å². The summed E-state index contributed by atoms with van der Waals surface area (Å²) in [6.07, 6.45) is -0.156. The molecule has 0 aliphatic carbocycles. The van der Waals surface area contributed by atoms with Gasteiger partial charge < -0.3 is 10.6 Å². The standard InChI is InChI=1S/C16H25F3N2/c1-3-5-9-21(10-6-4-2)14-7-8-15(16(17,18)19)13(11-14)12-20/h7-8,11H,3-6,9-10,12,20H2,1-2H3. The maximum absolute atomic E-state index is 12.9. The lowest BCUT2D eigenvalue weighted by molar-refractivity contribution is -0.138. The van der Waals surface area contributed by atoms with Crippen LogP contribution < -0.4 is 10.6 Å². The predicted octanol–water partition coefficient (Wildman–Crippen LogP) is 4.57. The molecule has 0 spiro atoms. The summed E-state index contributed by atoms with van der Waals surface area (Å²) in [7, 11) is 0. The number of anilines is 1. The Hall–Kier alpha value is -1.23. The van der Waals surface area contributed by atoms with E-state index in [1.165, 1.54) is 0 Å².